The van der Waals surface area contributed by atoms with Gasteiger partial charge in [0.25, 0.3) is 0 Å². The summed E-state index contributed by atoms with van der Waals surface area (Å²) in [6.45, 7) is 5.74. The molecule has 0 fully saturated rings. The third-order valence-electron chi connectivity index (χ3n) is 2.41. The zero-order valence-corrected chi connectivity index (χ0v) is 11.4. The third-order valence-corrected chi connectivity index (χ3v) is 3.30. The second kappa shape index (κ2) is 4.79. The molecule has 17 heavy (non-hydrogen) atoms. The monoisotopic (exact) mass is 293 g/mol. The summed E-state index contributed by atoms with van der Waals surface area (Å²) in [5.74, 6) is 0.704. The zero-order valence-electron chi connectivity index (χ0n) is 9.86. The van der Waals surface area contributed by atoms with Crippen LogP contribution >= 0.6 is 15.9 Å². The molecular formula is C12H12BrN3O. The van der Waals surface area contributed by atoms with Crippen LogP contribution < -0.4 is 4.74 Å². The Morgan fingerprint density at radius 1 is 1.06 bits per heavy atom. The fourth-order valence-corrected chi connectivity index (χ4v) is 1.51. The standard InChI is InChI=1S/C12H12BrN3O/c1-7-6-10(4-5-11(7)13)17-12-14-8(2)9(3)15-16-12/h4-6H,1-3H3. The van der Waals surface area contributed by atoms with Crippen LogP contribution in [0.3, 0.4) is 0 Å². The molecule has 2 aromatic rings. The predicted octanol–water partition coefficient (Wildman–Crippen LogP) is 3.35. The molecule has 0 aliphatic heterocycles. The van der Waals surface area contributed by atoms with E-state index in [0.717, 1.165) is 21.4 Å². The van der Waals surface area contributed by atoms with Gasteiger partial charge in [0.1, 0.15) is 5.75 Å². The minimum atomic E-state index is 0.273. The molecule has 0 spiro atoms. The summed E-state index contributed by atoms with van der Waals surface area (Å²) in [7, 11) is 0. The summed E-state index contributed by atoms with van der Waals surface area (Å²) in [6, 6.07) is 5.98. The number of aryl methyl sites for hydroxylation is 3. The highest BCUT2D eigenvalue weighted by Crippen LogP contribution is 2.24. The van der Waals surface area contributed by atoms with Crippen molar-refractivity contribution in [2.24, 2.45) is 0 Å². The van der Waals surface area contributed by atoms with E-state index >= 15 is 0 Å². The Morgan fingerprint density at radius 2 is 1.82 bits per heavy atom. The van der Waals surface area contributed by atoms with Crippen molar-refractivity contribution in [3.05, 3.63) is 39.6 Å². The van der Waals surface area contributed by atoms with Gasteiger partial charge in [-0.15, -0.1) is 5.10 Å². The molecule has 0 saturated heterocycles. The van der Waals surface area contributed by atoms with Crippen molar-refractivity contribution >= 4 is 15.9 Å². The van der Waals surface area contributed by atoms with E-state index in [1.165, 1.54) is 0 Å². The maximum Gasteiger partial charge on any atom is 0.341 e. The van der Waals surface area contributed by atoms with Crippen molar-refractivity contribution in [3.8, 4) is 11.8 Å². The predicted molar refractivity (Wildman–Crippen MR) is 68.3 cm³/mol. The molecule has 0 radical (unpaired) electrons. The molecule has 1 heterocycles. The van der Waals surface area contributed by atoms with E-state index in [9.17, 15) is 0 Å². The SMILES string of the molecule is Cc1cc(Oc2nnc(C)c(C)n2)ccc1Br. The maximum atomic E-state index is 5.54. The summed E-state index contributed by atoms with van der Waals surface area (Å²) in [4.78, 5) is 4.21. The second-order valence-electron chi connectivity index (χ2n) is 3.78. The van der Waals surface area contributed by atoms with Gasteiger partial charge in [0.2, 0.25) is 0 Å². The maximum absolute atomic E-state index is 5.54. The van der Waals surface area contributed by atoms with Gasteiger partial charge in [-0.3, -0.25) is 0 Å². The van der Waals surface area contributed by atoms with Gasteiger partial charge in [-0.2, -0.15) is 4.98 Å². The van der Waals surface area contributed by atoms with Crippen LogP contribution in [0.1, 0.15) is 17.0 Å². The fraction of sp³-hybridized carbons (Fsp3) is 0.250. The summed E-state index contributed by atoms with van der Waals surface area (Å²) < 4.78 is 6.59. The quantitative estimate of drug-likeness (QED) is 0.852. The lowest BCUT2D eigenvalue weighted by atomic mass is 10.2. The molecule has 0 atom stereocenters. The number of ether oxygens (including phenoxy) is 1. The third kappa shape index (κ3) is 2.79. The Hall–Kier alpha value is -1.49. The van der Waals surface area contributed by atoms with E-state index in [1.807, 2.05) is 39.0 Å². The molecule has 0 saturated carbocycles. The first-order valence-corrected chi connectivity index (χ1v) is 5.97. The largest absolute Gasteiger partial charge is 0.423 e. The van der Waals surface area contributed by atoms with Crippen LogP contribution in [0, 0.1) is 20.8 Å². The molecule has 2 rings (SSSR count). The second-order valence-corrected chi connectivity index (χ2v) is 4.63. The molecule has 1 aromatic heterocycles. The summed E-state index contributed by atoms with van der Waals surface area (Å²) >= 11 is 3.44. The van der Waals surface area contributed by atoms with Crippen LogP contribution in [0.5, 0.6) is 11.8 Å². The molecule has 0 aliphatic carbocycles. The van der Waals surface area contributed by atoms with Crippen molar-refractivity contribution in [1.29, 1.82) is 0 Å². The molecule has 4 nitrogen and oxygen atoms in total. The lowest BCUT2D eigenvalue weighted by Crippen LogP contribution is -1.99. The van der Waals surface area contributed by atoms with Crippen molar-refractivity contribution in [1.82, 2.24) is 15.2 Å². The normalized spacial score (nSPS) is 10.4. The molecular weight excluding hydrogens is 282 g/mol. The van der Waals surface area contributed by atoms with E-state index in [1.54, 1.807) is 0 Å². The highest BCUT2D eigenvalue weighted by molar-refractivity contribution is 9.10. The number of aromatic nitrogens is 3. The Kier molecular flexibility index (Phi) is 3.38. The van der Waals surface area contributed by atoms with Gasteiger partial charge in [0, 0.05) is 4.47 Å². The highest BCUT2D eigenvalue weighted by atomic mass is 79.9. The minimum absolute atomic E-state index is 0.273. The number of benzene rings is 1. The number of rotatable bonds is 2. The minimum Gasteiger partial charge on any atom is -0.423 e. The molecule has 1 aromatic carbocycles. The fourth-order valence-electron chi connectivity index (χ4n) is 1.27. The van der Waals surface area contributed by atoms with Crippen LogP contribution in [0.2, 0.25) is 0 Å². The molecule has 88 valence electrons. The summed E-state index contributed by atoms with van der Waals surface area (Å²) in [6.07, 6.45) is 0. The van der Waals surface area contributed by atoms with E-state index in [0.29, 0.717) is 5.75 Å². The molecule has 5 heteroatoms. The number of halogens is 1. The Labute approximate surface area is 108 Å². The van der Waals surface area contributed by atoms with Gasteiger partial charge < -0.3 is 4.74 Å². The molecule has 0 aliphatic rings. The van der Waals surface area contributed by atoms with Crippen LogP contribution in [0.4, 0.5) is 0 Å². The first kappa shape index (κ1) is 12.0. The highest BCUT2D eigenvalue weighted by Gasteiger charge is 2.05. The molecule has 0 bridgehead atoms. The van der Waals surface area contributed by atoms with Crippen LogP contribution in [0.15, 0.2) is 22.7 Å². The van der Waals surface area contributed by atoms with Crippen LogP contribution in [-0.2, 0) is 0 Å². The smallest absolute Gasteiger partial charge is 0.341 e. The average molecular weight is 294 g/mol. The van der Waals surface area contributed by atoms with Crippen LogP contribution in [0.25, 0.3) is 0 Å². The Bertz CT molecular complexity index is 508. The van der Waals surface area contributed by atoms with Gasteiger partial charge in [-0.05, 0) is 44.5 Å². The van der Waals surface area contributed by atoms with Crippen molar-refractivity contribution in [2.45, 2.75) is 20.8 Å². The molecule has 0 N–H and O–H groups in total. The van der Waals surface area contributed by atoms with Crippen molar-refractivity contribution < 1.29 is 4.74 Å². The summed E-state index contributed by atoms with van der Waals surface area (Å²) in [5, 5.41) is 7.86. The van der Waals surface area contributed by atoms with Crippen molar-refractivity contribution in [2.75, 3.05) is 0 Å². The zero-order chi connectivity index (χ0) is 12.4. The van der Waals surface area contributed by atoms with E-state index in [4.69, 9.17) is 4.74 Å². The van der Waals surface area contributed by atoms with Gasteiger partial charge in [0.05, 0.1) is 11.4 Å². The number of nitrogens with zero attached hydrogens (tertiary/aromatic N) is 3. The average Bonchev–Trinajstić information content (AvgIpc) is 2.29. The Balaban J connectivity index is 2.25. The van der Waals surface area contributed by atoms with Crippen molar-refractivity contribution in [3.63, 3.8) is 0 Å². The lowest BCUT2D eigenvalue weighted by Gasteiger charge is -2.06. The first-order valence-electron chi connectivity index (χ1n) is 5.18. The van der Waals surface area contributed by atoms with Gasteiger partial charge in [-0.1, -0.05) is 21.0 Å². The molecule has 0 unspecified atom stereocenters. The first-order chi connectivity index (χ1) is 8.06. The van der Waals surface area contributed by atoms with E-state index < -0.39 is 0 Å². The number of hydrogen-bond donors (Lipinski definition) is 0. The summed E-state index contributed by atoms with van der Waals surface area (Å²) in [5.41, 5.74) is 2.73. The van der Waals surface area contributed by atoms with Gasteiger partial charge in [0.15, 0.2) is 0 Å². The molecule has 0 amide bonds. The van der Waals surface area contributed by atoms with Crippen LogP contribution in [-0.4, -0.2) is 15.2 Å². The van der Waals surface area contributed by atoms with E-state index in [2.05, 4.69) is 31.1 Å². The Morgan fingerprint density at radius 3 is 2.47 bits per heavy atom. The van der Waals surface area contributed by atoms with Gasteiger partial charge >= 0.3 is 6.01 Å². The lowest BCUT2D eigenvalue weighted by molar-refractivity contribution is 0.430. The van der Waals surface area contributed by atoms with E-state index in [-0.39, 0.29) is 6.01 Å². The number of hydrogen-bond acceptors (Lipinski definition) is 4. The topological polar surface area (TPSA) is 47.9 Å². The van der Waals surface area contributed by atoms with Gasteiger partial charge in [-0.25, -0.2) is 0 Å².